The summed E-state index contributed by atoms with van der Waals surface area (Å²) in [6, 6.07) is 0.780. The Bertz CT molecular complexity index is 817. The molecule has 2 aliphatic carbocycles. The summed E-state index contributed by atoms with van der Waals surface area (Å²) < 4.78 is 0. The van der Waals surface area contributed by atoms with Crippen LogP contribution in [0.2, 0.25) is 0 Å². The summed E-state index contributed by atoms with van der Waals surface area (Å²) in [6.07, 6.45) is 7.30. The van der Waals surface area contributed by atoms with Crippen molar-refractivity contribution in [2.24, 2.45) is 0 Å². The number of nitrogens with zero attached hydrogens (tertiary/aromatic N) is 1. The van der Waals surface area contributed by atoms with Gasteiger partial charge >= 0.3 is 12.1 Å². The molecule has 1 aromatic heterocycles. The van der Waals surface area contributed by atoms with Crippen LogP contribution in [0.15, 0.2) is 11.4 Å². The monoisotopic (exact) mass is 404 g/mol. The summed E-state index contributed by atoms with van der Waals surface area (Å²) in [5, 5.41) is 9.75. The third-order valence-electron chi connectivity index (χ3n) is 5.83. The molecule has 1 aliphatic heterocycles. The van der Waals surface area contributed by atoms with Gasteiger partial charge in [0.05, 0.1) is 0 Å². The lowest BCUT2D eigenvalue weighted by Gasteiger charge is -2.31. The minimum absolute atomic E-state index is 0.0702. The molecule has 1 saturated heterocycles. The molecule has 2 fully saturated rings. The molecule has 6 amide bonds. The van der Waals surface area contributed by atoms with Gasteiger partial charge < -0.3 is 10.6 Å². The Balaban J connectivity index is 1.39. The van der Waals surface area contributed by atoms with Crippen molar-refractivity contribution in [3.05, 3.63) is 21.9 Å². The Morgan fingerprint density at radius 1 is 1.21 bits per heavy atom. The molecule has 3 N–H and O–H groups in total. The van der Waals surface area contributed by atoms with Gasteiger partial charge in [-0.3, -0.25) is 19.8 Å². The van der Waals surface area contributed by atoms with E-state index < -0.39 is 36.0 Å². The first-order valence-electron chi connectivity index (χ1n) is 9.81. The highest BCUT2D eigenvalue weighted by Crippen LogP contribution is 2.41. The van der Waals surface area contributed by atoms with Crippen LogP contribution in [0.4, 0.5) is 9.59 Å². The molecule has 9 heteroatoms. The summed E-state index contributed by atoms with van der Waals surface area (Å²) >= 11 is 1.58. The Morgan fingerprint density at radius 3 is 2.79 bits per heavy atom. The molecule has 4 rings (SSSR count). The van der Waals surface area contributed by atoms with Crippen molar-refractivity contribution in [2.45, 2.75) is 62.9 Å². The maximum absolute atomic E-state index is 13.1. The molecule has 28 heavy (non-hydrogen) atoms. The fourth-order valence-corrected chi connectivity index (χ4v) is 5.46. The number of fused-ring (bicyclic) bond motifs is 2. The quantitative estimate of drug-likeness (QED) is 0.670. The number of imide groups is 2. The molecule has 0 radical (unpaired) electrons. The van der Waals surface area contributed by atoms with Gasteiger partial charge in [-0.1, -0.05) is 19.3 Å². The highest BCUT2D eigenvalue weighted by molar-refractivity contribution is 7.10. The molecule has 0 aromatic carbocycles. The second-order valence-electron chi connectivity index (χ2n) is 7.69. The third-order valence-corrected chi connectivity index (χ3v) is 6.81. The van der Waals surface area contributed by atoms with Crippen LogP contribution in [0.5, 0.6) is 0 Å². The van der Waals surface area contributed by atoms with Crippen molar-refractivity contribution >= 4 is 35.2 Å². The number of thiophene rings is 1. The fourth-order valence-electron chi connectivity index (χ4n) is 4.46. The summed E-state index contributed by atoms with van der Waals surface area (Å²) in [6.45, 7) is -0.468. The molecule has 8 nitrogen and oxygen atoms in total. The maximum atomic E-state index is 13.1. The molecule has 0 bridgehead atoms. The number of rotatable bonds is 3. The van der Waals surface area contributed by atoms with E-state index in [4.69, 9.17) is 0 Å². The normalized spacial score (nSPS) is 24.8. The van der Waals surface area contributed by atoms with E-state index in [9.17, 15) is 19.2 Å². The van der Waals surface area contributed by atoms with E-state index in [0.717, 1.165) is 53.9 Å². The van der Waals surface area contributed by atoms with E-state index in [1.165, 1.54) is 6.42 Å². The van der Waals surface area contributed by atoms with Gasteiger partial charge in [-0.25, -0.2) is 9.59 Å². The SMILES string of the molecule is O=C(CN1C(=O)N[C@@]2(CCCc3sccc32)C1=O)NC(=O)NC1CCCCC1. The molecule has 1 spiro atoms. The number of hydrogen-bond acceptors (Lipinski definition) is 5. The lowest BCUT2D eigenvalue weighted by atomic mass is 9.80. The first-order valence-corrected chi connectivity index (χ1v) is 10.7. The van der Waals surface area contributed by atoms with Crippen molar-refractivity contribution in [3.8, 4) is 0 Å². The molecule has 2 heterocycles. The average Bonchev–Trinajstić information content (AvgIpc) is 3.23. The van der Waals surface area contributed by atoms with Crippen LogP contribution in [0, 0.1) is 0 Å². The molecule has 3 aliphatic rings. The number of urea groups is 2. The Morgan fingerprint density at radius 2 is 2.00 bits per heavy atom. The average molecular weight is 404 g/mol. The predicted octanol–water partition coefficient (Wildman–Crippen LogP) is 1.99. The summed E-state index contributed by atoms with van der Waals surface area (Å²) in [4.78, 5) is 51.8. The van der Waals surface area contributed by atoms with Gasteiger partial charge in [0.1, 0.15) is 12.1 Å². The Kier molecular flexibility index (Phi) is 5.09. The standard InChI is InChI=1S/C19H24N4O4S/c24-15(21-17(26)20-12-5-2-1-3-6-12)11-23-16(25)19(22-18(23)27)9-4-7-14-13(19)8-10-28-14/h8,10,12H,1-7,9,11H2,(H,22,27)(H2,20,21,24,26)/t19-/m1/s1. The zero-order valence-corrected chi connectivity index (χ0v) is 16.4. The molecule has 0 unspecified atom stereocenters. The molecule has 1 atom stereocenters. The summed E-state index contributed by atoms with van der Waals surface area (Å²) in [5.74, 6) is -1.09. The minimum atomic E-state index is -1.07. The first-order chi connectivity index (χ1) is 13.5. The zero-order chi connectivity index (χ0) is 19.7. The highest BCUT2D eigenvalue weighted by Gasteiger charge is 2.54. The highest BCUT2D eigenvalue weighted by atomic mass is 32.1. The van der Waals surface area contributed by atoms with Gasteiger partial charge in [-0.15, -0.1) is 11.3 Å². The van der Waals surface area contributed by atoms with Crippen LogP contribution in [0.1, 0.15) is 55.4 Å². The summed E-state index contributed by atoms with van der Waals surface area (Å²) in [7, 11) is 0. The predicted molar refractivity (Wildman–Crippen MR) is 103 cm³/mol. The van der Waals surface area contributed by atoms with Crippen LogP contribution in [-0.2, 0) is 21.5 Å². The number of carbonyl (C=O) groups is 4. The van der Waals surface area contributed by atoms with Gasteiger partial charge in [-0.2, -0.15) is 0 Å². The van der Waals surface area contributed by atoms with Crippen LogP contribution in [-0.4, -0.2) is 41.4 Å². The molecule has 1 saturated carbocycles. The number of amides is 6. The molecule has 1 aromatic rings. The van der Waals surface area contributed by atoms with Gasteiger partial charge in [0.2, 0.25) is 5.91 Å². The Labute approximate surface area is 167 Å². The van der Waals surface area contributed by atoms with Crippen LogP contribution >= 0.6 is 11.3 Å². The van der Waals surface area contributed by atoms with Crippen LogP contribution in [0.3, 0.4) is 0 Å². The van der Waals surface area contributed by atoms with E-state index in [-0.39, 0.29) is 6.04 Å². The van der Waals surface area contributed by atoms with E-state index in [2.05, 4.69) is 16.0 Å². The van der Waals surface area contributed by atoms with Crippen LogP contribution < -0.4 is 16.0 Å². The van der Waals surface area contributed by atoms with E-state index in [1.54, 1.807) is 11.3 Å². The number of aryl methyl sites for hydroxylation is 1. The van der Waals surface area contributed by atoms with Gasteiger partial charge in [0.25, 0.3) is 5.91 Å². The lowest BCUT2D eigenvalue weighted by Crippen LogP contribution is -2.49. The number of carbonyl (C=O) groups excluding carboxylic acids is 4. The first kappa shape index (κ1) is 18.9. The molecular formula is C19H24N4O4S. The summed E-state index contributed by atoms with van der Waals surface area (Å²) in [5.41, 5.74) is -0.241. The number of nitrogens with one attached hydrogen (secondary N) is 3. The van der Waals surface area contributed by atoms with Crippen molar-refractivity contribution in [1.29, 1.82) is 0 Å². The topological polar surface area (TPSA) is 108 Å². The van der Waals surface area contributed by atoms with Crippen molar-refractivity contribution in [2.75, 3.05) is 6.54 Å². The van der Waals surface area contributed by atoms with Crippen molar-refractivity contribution in [1.82, 2.24) is 20.9 Å². The largest absolute Gasteiger partial charge is 0.335 e. The second-order valence-corrected chi connectivity index (χ2v) is 8.70. The zero-order valence-electron chi connectivity index (χ0n) is 15.6. The number of hydrogen-bond donors (Lipinski definition) is 3. The Hall–Kier alpha value is -2.42. The lowest BCUT2D eigenvalue weighted by molar-refractivity contribution is -0.135. The molecule has 150 valence electrons. The van der Waals surface area contributed by atoms with Crippen LogP contribution in [0.25, 0.3) is 0 Å². The third kappa shape index (κ3) is 3.39. The minimum Gasteiger partial charge on any atom is -0.335 e. The van der Waals surface area contributed by atoms with E-state index >= 15 is 0 Å². The van der Waals surface area contributed by atoms with Crippen molar-refractivity contribution < 1.29 is 19.2 Å². The van der Waals surface area contributed by atoms with Gasteiger partial charge in [0.15, 0.2) is 0 Å². The molecular weight excluding hydrogens is 380 g/mol. The van der Waals surface area contributed by atoms with Crippen molar-refractivity contribution in [3.63, 3.8) is 0 Å². The second kappa shape index (κ2) is 7.54. The fraction of sp³-hybridized carbons (Fsp3) is 0.579. The smallest absolute Gasteiger partial charge is 0.325 e. The van der Waals surface area contributed by atoms with E-state index in [0.29, 0.717) is 6.42 Å². The maximum Gasteiger partial charge on any atom is 0.325 e. The van der Waals surface area contributed by atoms with E-state index in [1.807, 2.05) is 11.4 Å². The van der Waals surface area contributed by atoms with Gasteiger partial charge in [0, 0.05) is 16.5 Å². The van der Waals surface area contributed by atoms with Gasteiger partial charge in [-0.05, 0) is 43.6 Å².